The Morgan fingerprint density at radius 1 is 1.13 bits per heavy atom. The molecule has 3 rings (SSSR count). The number of rotatable bonds is 8. The average Bonchev–Trinajstić information content (AvgIpc) is 2.74. The SMILES string of the molecule is COc1ccccc1CNC(=O)CN1CCC(O)(COc2ccc(C)cc2C)CC1. The summed E-state index contributed by atoms with van der Waals surface area (Å²) >= 11 is 0. The zero-order valence-corrected chi connectivity index (χ0v) is 18.1. The van der Waals surface area contributed by atoms with Crippen molar-refractivity contribution in [2.24, 2.45) is 0 Å². The molecule has 0 aromatic heterocycles. The van der Waals surface area contributed by atoms with Gasteiger partial charge in [0.1, 0.15) is 23.7 Å². The summed E-state index contributed by atoms with van der Waals surface area (Å²) in [6.45, 7) is 6.41. The van der Waals surface area contributed by atoms with Gasteiger partial charge in [0.2, 0.25) is 5.91 Å². The Bertz CT molecular complexity index is 860. The Morgan fingerprint density at radius 2 is 1.87 bits per heavy atom. The zero-order chi connectivity index (χ0) is 21.6. The number of likely N-dealkylation sites (tertiary alicyclic amines) is 1. The fourth-order valence-electron chi connectivity index (χ4n) is 3.75. The van der Waals surface area contributed by atoms with E-state index in [4.69, 9.17) is 9.47 Å². The van der Waals surface area contributed by atoms with E-state index < -0.39 is 5.60 Å². The first kappa shape index (κ1) is 22.1. The van der Waals surface area contributed by atoms with Crippen LogP contribution in [0.25, 0.3) is 0 Å². The second-order valence-electron chi connectivity index (χ2n) is 8.15. The van der Waals surface area contributed by atoms with Crippen LogP contribution < -0.4 is 14.8 Å². The third-order valence-electron chi connectivity index (χ3n) is 5.65. The summed E-state index contributed by atoms with van der Waals surface area (Å²) in [6, 6.07) is 13.7. The topological polar surface area (TPSA) is 71.0 Å². The van der Waals surface area contributed by atoms with E-state index in [2.05, 4.69) is 16.3 Å². The van der Waals surface area contributed by atoms with Crippen molar-refractivity contribution >= 4 is 5.91 Å². The predicted molar refractivity (Wildman–Crippen MR) is 117 cm³/mol. The van der Waals surface area contributed by atoms with Crippen molar-refractivity contribution in [2.45, 2.75) is 38.8 Å². The normalized spacial score (nSPS) is 16.1. The van der Waals surface area contributed by atoms with Crippen LogP contribution in [-0.4, -0.2) is 54.9 Å². The number of carbonyl (C=O) groups is 1. The number of benzene rings is 2. The number of piperidine rings is 1. The van der Waals surface area contributed by atoms with Crippen LogP contribution in [0.3, 0.4) is 0 Å². The maximum atomic E-state index is 12.3. The maximum Gasteiger partial charge on any atom is 0.234 e. The molecule has 0 saturated carbocycles. The smallest absolute Gasteiger partial charge is 0.234 e. The molecule has 0 bridgehead atoms. The number of nitrogens with zero attached hydrogens (tertiary/aromatic N) is 1. The van der Waals surface area contributed by atoms with Crippen molar-refractivity contribution in [3.8, 4) is 11.5 Å². The van der Waals surface area contributed by atoms with E-state index in [1.54, 1.807) is 7.11 Å². The molecule has 6 nitrogen and oxygen atoms in total. The number of carbonyl (C=O) groups excluding carboxylic acids is 1. The molecule has 1 amide bonds. The minimum absolute atomic E-state index is 0.0297. The Morgan fingerprint density at radius 3 is 2.57 bits per heavy atom. The highest BCUT2D eigenvalue weighted by atomic mass is 16.5. The van der Waals surface area contributed by atoms with Gasteiger partial charge in [0.15, 0.2) is 0 Å². The zero-order valence-electron chi connectivity index (χ0n) is 18.1. The first-order chi connectivity index (χ1) is 14.4. The second-order valence-corrected chi connectivity index (χ2v) is 8.15. The van der Waals surface area contributed by atoms with Crippen molar-refractivity contribution in [3.63, 3.8) is 0 Å². The van der Waals surface area contributed by atoms with E-state index in [-0.39, 0.29) is 12.5 Å². The van der Waals surface area contributed by atoms with Crippen molar-refractivity contribution < 1.29 is 19.4 Å². The van der Waals surface area contributed by atoms with Crippen molar-refractivity contribution in [3.05, 3.63) is 59.2 Å². The first-order valence-electron chi connectivity index (χ1n) is 10.4. The van der Waals surface area contributed by atoms with E-state index in [0.29, 0.717) is 39.0 Å². The van der Waals surface area contributed by atoms with Gasteiger partial charge >= 0.3 is 0 Å². The van der Waals surface area contributed by atoms with Crippen LogP contribution in [0, 0.1) is 13.8 Å². The van der Waals surface area contributed by atoms with Gasteiger partial charge in [-0.3, -0.25) is 9.69 Å². The first-order valence-corrected chi connectivity index (χ1v) is 10.4. The summed E-state index contributed by atoms with van der Waals surface area (Å²) in [4.78, 5) is 14.4. The number of nitrogens with one attached hydrogen (secondary N) is 1. The molecule has 0 atom stereocenters. The third-order valence-corrected chi connectivity index (χ3v) is 5.65. The Labute approximate surface area is 178 Å². The lowest BCUT2D eigenvalue weighted by Gasteiger charge is -2.37. The number of aryl methyl sites for hydroxylation is 2. The van der Waals surface area contributed by atoms with Gasteiger partial charge < -0.3 is 19.9 Å². The van der Waals surface area contributed by atoms with Gasteiger partial charge in [-0.15, -0.1) is 0 Å². The minimum Gasteiger partial charge on any atom is -0.496 e. The molecule has 0 unspecified atom stereocenters. The molecule has 6 heteroatoms. The number of hydrogen-bond donors (Lipinski definition) is 2. The lowest BCUT2D eigenvalue weighted by molar-refractivity contribution is -0.124. The number of aliphatic hydroxyl groups is 1. The van der Waals surface area contributed by atoms with Crippen LogP contribution in [0.5, 0.6) is 11.5 Å². The summed E-state index contributed by atoms with van der Waals surface area (Å²) in [5.74, 6) is 1.55. The van der Waals surface area contributed by atoms with Crippen LogP contribution in [0.2, 0.25) is 0 Å². The summed E-state index contributed by atoms with van der Waals surface area (Å²) in [6.07, 6.45) is 1.16. The highest BCUT2D eigenvalue weighted by molar-refractivity contribution is 5.78. The molecule has 1 aliphatic heterocycles. The fraction of sp³-hybridized carbons (Fsp3) is 0.458. The second kappa shape index (κ2) is 9.96. The lowest BCUT2D eigenvalue weighted by atomic mass is 9.92. The van der Waals surface area contributed by atoms with Gasteiger partial charge in [-0.25, -0.2) is 0 Å². The summed E-state index contributed by atoms with van der Waals surface area (Å²) < 4.78 is 11.2. The van der Waals surface area contributed by atoms with Gasteiger partial charge in [-0.1, -0.05) is 35.9 Å². The van der Waals surface area contributed by atoms with Crippen LogP contribution >= 0.6 is 0 Å². The maximum absolute atomic E-state index is 12.3. The molecule has 0 spiro atoms. The van der Waals surface area contributed by atoms with Crippen LogP contribution in [0.4, 0.5) is 0 Å². The lowest BCUT2D eigenvalue weighted by Crippen LogP contribution is -2.50. The van der Waals surface area contributed by atoms with Gasteiger partial charge in [0.25, 0.3) is 0 Å². The molecule has 1 aliphatic rings. The monoisotopic (exact) mass is 412 g/mol. The number of amides is 1. The molecule has 162 valence electrons. The Balaban J connectivity index is 1.42. The molecule has 1 saturated heterocycles. The van der Waals surface area contributed by atoms with Gasteiger partial charge in [-0.05, 0) is 44.4 Å². The largest absolute Gasteiger partial charge is 0.496 e. The highest BCUT2D eigenvalue weighted by Crippen LogP contribution is 2.25. The number of para-hydroxylation sites is 1. The minimum atomic E-state index is -0.859. The molecule has 2 N–H and O–H groups in total. The van der Waals surface area contributed by atoms with Gasteiger partial charge in [0.05, 0.1) is 13.7 Å². The fourth-order valence-corrected chi connectivity index (χ4v) is 3.75. The molecule has 30 heavy (non-hydrogen) atoms. The molecule has 0 aliphatic carbocycles. The van der Waals surface area contributed by atoms with E-state index in [1.807, 2.05) is 50.2 Å². The number of hydrogen-bond acceptors (Lipinski definition) is 5. The van der Waals surface area contributed by atoms with Crippen LogP contribution in [0.1, 0.15) is 29.5 Å². The Kier molecular flexibility index (Phi) is 7.34. The highest BCUT2D eigenvalue weighted by Gasteiger charge is 2.33. The third kappa shape index (κ3) is 5.97. The molecule has 0 radical (unpaired) electrons. The summed E-state index contributed by atoms with van der Waals surface area (Å²) in [5.41, 5.74) is 2.35. The van der Waals surface area contributed by atoms with Crippen molar-refractivity contribution in [1.29, 1.82) is 0 Å². The molecular formula is C24H32N2O4. The summed E-state index contributed by atoms with van der Waals surface area (Å²) in [7, 11) is 1.62. The van der Waals surface area contributed by atoms with Crippen LogP contribution in [-0.2, 0) is 11.3 Å². The van der Waals surface area contributed by atoms with Gasteiger partial charge in [-0.2, -0.15) is 0 Å². The van der Waals surface area contributed by atoms with E-state index in [9.17, 15) is 9.90 Å². The van der Waals surface area contributed by atoms with Crippen LogP contribution in [0.15, 0.2) is 42.5 Å². The number of ether oxygens (including phenoxy) is 2. The predicted octanol–water partition coefficient (Wildman–Crippen LogP) is 2.83. The van der Waals surface area contributed by atoms with Crippen molar-refractivity contribution in [1.82, 2.24) is 10.2 Å². The molecular weight excluding hydrogens is 380 g/mol. The molecule has 2 aromatic carbocycles. The molecule has 1 fully saturated rings. The number of methoxy groups -OCH3 is 1. The molecule has 1 heterocycles. The molecule has 2 aromatic rings. The standard InChI is InChI=1S/C24H32N2O4/c1-18-8-9-21(19(2)14-18)30-17-24(28)10-12-26(13-11-24)16-23(27)25-15-20-6-4-5-7-22(20)29-3/h4-9,14,28H,10-13,15-17H2,1-3H3,(H,25,27). The van der Waals surface area contributed by atoms with E-state index in [1.165, 1.54) is 5.56 Å². The Hall–Kier alpha value is -2.57. The average molecular weight is 413 g/mol. The van der Waals surface area contributed by atoms with E-state index in [0.717, 1.165) is 22.6 Å². The van der Waals surface area contributed by atoms with Crippen molar-refractivity contribution in [2.75, 3.05) is 33.4 Å². The summed E-state index contributed by atoms with van der Waals surface area (Å²) in [5, 5.41) is 13.8. The van der Waals surface area contributed by atoms with Gasteiger partial charge in [0, 0.05) is 25.2 Å². The quantitative estimate of drug-likeness (QED) is 0.698. The van der Waals surface area contributed by atoms with E-state index >= 15 is 0 Å².